The van der Waals surface area contributed by atoms with Gasteiger partial charge in [-0.15, -0.1) is 5.10 Å². The molecule has 0 N–H and O–H groups in total. The van der Waals surface area contributed by atoms with Crippen LogP contribution in [0.2, 0.25) is 0 Å². The van der Waals surface area contributed by atoms with Crippen LogP contribution < -0.4 is 9.47 Å². The smallest absolute Gasteiger partial charge is 0.173 e. The molecule has 1 aromatic heterocycles. The van der Waals surface area contributed by atoms with Crippen molar-refractivity contribution in [3.8, 4) is 11.5 Å². The van der Waals surface area contributed by atoms with E-state index in [0.717, 1.165) is 42.4 Å². The zero-order chi connectivity index (χ0) is 21.3. The second kappa shape index (κ2) is 8.07. The van der Waals surface area contributed by atoms with Crippen LogP contribution in [0.1, 0.15) is 49.3 Å². The number of aromatic nitrogens is 4. The molecule has 0 aliphatic carbocycles. The van der Waals surface area contributed by atoms with Gasteiger partial charge >= 0.3 is 0 Å². The lowest BCUT2D eigenvalue weighted by Crippen LogP contribution is -2.38. The third-order valence-corrected chi connectivity index (χ3v) is 5.63. The molecule has 2 heterocycles. The van der Waals surface area contributed by atoms with Crippen molar-refractivity contribution in [3.05, 3.63) is 65.0 Å². The molecule has 0 bridgehead atoms. The van der Waals surface area contributed by atoms with Gasteiger partial charge in [0.2, 0.25) is 0 Å². The summed E-state index contributed by atoms with van der Waals surface area (Å²) in [5.74, 6) is 2.37. The van der Waals surface area contributed by atoms with Crippen LogP contribution >= 0.6 is 0 Å². The monoisotopic (exact) mass is 407 g/mol. The van der Waals surface area contributed by atoms with Gasteiger partial charge in [0.1, 0.15) is 17.5 Å². The van der Waals surface area contributed by atoms with Crippen molar-refractivity contribution in [1.82, 2.24) is 25.1 Å². The molecule has 0 fully saturated rings. The van der Waals surface area contributed by atoms with Gasteiger partial charge in [0.25, 0.3) is 0 Å². The van der Waals surface area contributed by atoms with E-state index in [2.05, 4.69) is 65.5 Å². The number of tetrazole rings is 1. The van der Waals surface area contributed by atoms with Crippen LogP contribution in [0, 0.1) is 0 Å². The summed E-state index contributed by atoms with van der Waals surface area (Å²) in [6.45, 7) is 8.05. The van der Waals surface area contributed by atoms with Crippen molar-refractivity contribution in [1.29, 1.82) is 0 Å². The van der Waals surface area contributed by atoms with Crippen molar-refractivity contribution in [2.45, 2.75) is 45.3 Å². The van der Waals surface area contributed by atoms with Gasteiger partial charge in [-0.2, -0.15) is 0 Å². The molecule has 0 unspecified atom stereocenters. The molecule has 0 saturated heterocycles. The highest BCUT2D eigenvalue weighted by Gasteiger charge is 2.35. The fraction of sp³-hybridized carbons (Fsp3) is 0.435. The zero-order valence-corrected chi connectivity index (χ0v) is 18.3. The summed E-state index contributed by atoms with van der Waals surface area (Å²) in [5.41, 5.74) is 3.49. The topological polar surface area (TPSA) is 65.3 Å². The molecule has 2 aromatic carbocycles. The normalized spacial score (nSPS) is 15.5. The molecule has 158 valence electrons. The predicted molar refractivity (Wildman–Crippen MR) is 115 cm³/mol. The van der Waals surface area contributed by atoms with E-state index in [1.165, 1.54) is 11.1 Å². The number of ether oxygens (including phenoxy) is 2. The summed E-state index contributed by atoms with van der Waals surface area (Å²) < 4.78 is 13.2. The largest absolute Gasteiger partial charge is 0.497 e. The quantitative estimate of drug-likeness (QED) is 0.644. The van der Waals surface area contributed by atoms with Crippen LogP contribution in [0.25, 0.3) is 0 Å². The standard InChI is InChI=1S/C23H29N5O2/c1-23(2,3)28-22(24-25-26-28)21(19-14-18(29-4)10-11-20(19)30-5)27-13-12-16-8-6-7-9-17(16)15-27/h6-11,14,21H,12-13,15H2,1-5H3/t21-/m0/s1. The Kier molecular flexibility index (Phi) is 5.47. The van der Waals surface area contributed by atoms with E-state index in [0.29, 0.717) is 0 Å². The second-order valence-electron chi connectivity index (χ2n) is 8.62. The molecule has 30 heavy (non-hydrogen) atoms. The van der Waals surface area contributed by atoms with Crippen LogP contribution in [0.5, 0.6) is 11.5 Å². The van der Waals surface area contributed by atoms with Gasteiger partial charge in [0, 0.05) is 18.7 Å². The number of rotatable bonds is 5. The molecular weight excluding hydrogens is 378 g/mol. The van der Waals surface area contributed by atoms with Crippen molar-refractivity contribution in [3.63, 3.8) is 0 Å². The number of nitrogens with zero attached hydrogens (tertiary/aromatic N) is 5. The highest BCUT2D eigenvalue weighted by molar-refractivity contribution is 5.45. The van der Waals surface area contributed by atoms with Crippen LogP contribution in [0.3, 0.4) is 0 Å². The first-order chi connectivity index (χ1) is 14.4. The Labute approximate surface area is 177 Å². The molecule has 0 spiro atoms. The summed E-state index contributed by atoms with van der Waals surface area (Å²) in [5, 5.41) is 12.8. The minimum atomic E-state index is -0.253. The Morgan fingerprint density at radius 1 is 1.00 bits per heavy atom. The van der Waals surface area contributed by atoms with Gasteiger partial charge in [-0.3, -0.25) is 4.90 Å². The van der Waals surface area contributed by atoms with Crippen molar-refractivity contribution in [2.75, 3.05) is 20.8 Å². The Morgan fingerprint density at radius 2 is 1.77 bits per heavy atom. The molecule has 1 aliphatic rings. The van der Waals surface area contributed by atoms with Crippen LogP contribution in [-0.2, 0) is 18.5 Å². The van der Waals surface area contributed by atoms with Crippen LogP contribution in [-0.4, -0.2) is 45.9 Å². The third kappa shape index (κ3) is 3.77. The molecule has 0 saturated carbocycles. The van der Waals surface area contributed by atoms with Gasteiger partial charge in [0.15, 0.2) is 5.82 Å². The highest BCUT2D eigenvalue weighted by Crippen LogP contribution is 2.39. The average molecular weight is 408 g/mol. The first-order valence-electron chi connectivity index (χ1n) is 10.2. The number of hydrogen-bond donors (Lipinski definition) is 0. The summed E-state index contributed by atoms with van der Waals surface area (Å²) >= 11 is 0. The van der Waals surface area contributed by atoms with E-state index < -0.39 is 0 Å². The second-order valence-corrected chi connectivity index (χ2v) is 8.62. The number of hydrogen-bond acceptors (Lipinski definition) is 6. The van der Waals surface area contributed by atoms with Crippen molar-refractivity contribution >= 4 is 0 Å². The summed E-state index contributed by atoms with van der Waals surface area (Å²) in [6, 6.07) is 14.4. The maximum atomic E-state index is 5.75. The average Bonchev–Trinajstić information content (AvgIpc) is 3.24. The summed E-state index contributed by atoms with van der Waals surface area (Å²) in [4.78, 5) is 2.42. The lowest BCUT2D eigenvalue weighted by Gasteiger charge is -2.36. The molecule has 0 radical (unpaired) electrons. The molecule has 1 aliphatic heterocycles. The van der Waals surface area contributed by atoms with E-state index in [1.807, 2.05) is 22.9 Å². The fourth-order valence-corrected chi connectivity index (χ4v) is 4.13. The van der Waals surface area contributed by atoms with Crippen molar-refractivity contribution in [2.24, 2.45) is 0 Å². The van der Waals surface area contributed by atoms with Crippen LogP contribution in [0.4, 0.5) is 0 Å². The summed E-state index contributed by atoms with van der Waals surface area (Å²) in [6.07, 6.45) is 0.982. The lowest BCUT2D eigenvalue weighted by atomic mass is 9.95. The van der Waals surface area contributed by atoms with Gasteiger partial charge < -0.3 is 9.47 Å². The molecule has 4 rings (SSSR count). The maximum absolute atomic E-state index is 5.75. The van der Waals surface area contributed by atoms with Crippen LogP contribution in [0.15, 0.2) is 42.5 Å². The number of fused-ring (bicyclic) bond motifs is 1. The van der Waals surface area contributed by atoms with Gasteiger partial charge in [-0.25, -0.2) is 4.68 Å². The van der Waals surface area contributed by atoms with E-state index in [4.69, 9.17) is 9.47 Å². The van der Waals surface area contributed by atoms with Gasteiger partial charge in [-0.1, -0.05) is 24.3 Å². The molecule has 3 aromatic rings. The molecule has 7 heteroatoms. The molecule has 7 nitrogen and oxygen atoms in total. The number of methoxy groups -OCH3 is 2. The molecule has 1 atom stereocenters. The Bertz CT molecular complexity index is 1020. The first-order valence-corrected chi connectivity index (χ1v) is 10.2. The minimum Gasteiger partial charge on any atom is -0.497 e. The molecule has 0 amide bonds. The van der Waals surface area contributed by atoms with E-state index >= 15 is 0 Å². The highest BCUT2D eigenvalue weighted by atomic mass is 16.5. The van der Waals surface area contributed by atoms with E-state index in [-0.39, 0.29) is 11.6 Å². The lowest BCUT2D eigenvalue weighted by molar-refractivity contribution is 0.182. The Hall–Kier alpha value is -2.93. The third-order valence-electron chi connectivity index (χ3n) is 5.63. The molecular formula is C23H29N5O2. The maximum Gasteiger partial charge on any atom is 0.173 e. The first kappa shape index (κ1) is 20.3. The SMILES string of the molecule is COc1ccc(OC)c([C@@H](c2nnnn2C(C)(C)C)N2CCc3ccccc3C2)c1. The zero-order valence-electron chi connectivity index (χ0n) is 18.3. The Morgan fingerprint density at radius 3 is 2.47 bits per heavy atom. The fourth-order valence-electron chi connectivity index (χ4n) is 4.13. The van der Waals surface area contributed by atoms with E-state index in [9.17, 15) is 0 Å². The van der Waals surface area contributed by atoms with E-state index in [1.54, 1.807) is 14.2 Å². The minimum absolute atomic E-state index is 0.169. The predicted octanol–water partition coefficient (Wildman–Crippen LogP) is 3.59. The van der Waals surface area contributed by atoms with Gasteiger partial charge in [-0.05, 0) is 66.9 Å². The summed E-state index contributed by atoms with van der Waals surface area (Å²) in [7, 11) is 3.37. The van der Waals surface area contributed by atoms with Gasteiger partial charge in [0.05, 0.1) is 19.8 Å². The van der Waals surface area contributed by atoms with Crippen molar-refractivity contribution < 1.29 is 9.47 Å². The number of benzene rings is 2. The Balaban J connectivity index is 1.86.